The van der Waals surface area contributed by atoms with Gasteiger partial charge in [-0.25, -0.2) is 9.97 Å². The standard InChI is InChI=1S/C14H17ClN4O2/c1-9-3-2-4-11(5-9)21-7-10(20)6-17-14-12(15)13(16)18-8-19-14/h2-5,8,10,20H,6-7H2,1H3,(H3,16,17,18,19). The van der Waals surface area contributed by atoms with Gasteiger partial charge in [0.1, 0.15) is 35.6 Å². The molecule has 0 radical (unpaired) electrons. The molecule has 1 aromatic heterocycles. The molecule has 4 N–H and O–H groups in total. The molecule has 0 aliphatic carbocycles. The largest absolute Gasteiger partial charge is 0.491 e. The molecule has 0 saturated carbocycles. The van der Waals surface area contributed by atoms with E-state index < -0.39 is 6.10 Å². The number of benzene rings is 1. The van der Waals surface area contributed by atoms with Crippen LogP contribution in [0.5, 0.6) is 5.75 Å². The summed E-state index contributed by atoms with van der Waals surface area (Å²) < 4.78 is 5.51. The first-order valence-electron chi connectivity index (χ1n) is 6.43. The van der Waals surface area contributed by atoms with Crippen LogP contribution in [0.15, 0.2) is 30.6 Å². The summed E-state index contributed by atoms with van der Waals surface area (Å²) in [4.78, 5) is 7.71. The van der Waals surface area contributed by atoms with Crippen molar-refractivity contribution in [3.05, 3.63) is 41.2 Å². The molecule has 1 atom stereocenters. The number of aromatic nitrogens is 2. The van der Waals surface area contributed by atoms with E-state index in [0.717, 1.165) is 11.3 Å². The number of hydrogen-bond donors (Lipinski definition) is 3. The van der Waals surface area contributed by atoms with Crippen molar-refractivity contribution in [2.24, 2.45) is 0 Å². The van der Waals surface area contributed by atoms with Crippen molar-refractivity contribution in [2.75, 3.05) is 24.2 Å². The second kappa shape index (κ2) is 7.10. The second-order valence-electron chi connectivity index (χ2n) is 4.58. The van der Waals surface area contributed by atoms with Crippen LogP contribution in [0.2, 0.25) is 5.02 Å². The predicted molar refractivity (Wildman–Crippen MR) is 82.6 cm³/mol. The van der Waals surface area contributed by atoms with Crippen LogP contribution in [0.3, 0.4) is 0 Å². The van der Waals surface area contributed by atoms with E-state index in [0.29, 0.717) is 5.82 Å². The highest BCUT2D eigenvalue weighted by Gasteiger charge is 2.09. The van der Waals surface area contributed by atoms with Gasteiger partial charge in [0.05, 0.1) is 0 Å². The van der Waals surface area contributed by atoms with E-state index in [-0.39, 0.29) is 24.0 Å². The minimum Gasteiger partial charge on any atom is -0.491 e. The van der Waals surface area contributed by atoms with Crippen LogP contribution < -0.4 is 15.8 Å². The van der Waals surface area contributed by atoms with Crippen molar-refractivity contribution >= 4 is 23.2 Å². The highest BCUT2D eigenvalue weighted by molar-refractivity contribution is 6.35. The maximum Gasteiger partial charge on any atom is 0.150 e. The Labute approximate surface area is 127 Å². The molecule has 0 bridgehead atoms. The topological polar surface area (TPSA) is 93.3 Å². The molecule has 7 heteroatoms. The molecule has 6 nitrogen and oxygen atoms in total. The minimum atomic E-state index is -0.710. The molecule has 0 amide bonds. The molecule has 1 heterocycles. The van der Waals surface area contributed by atoms with Gasteiger partial charge in [-0.3, -0.25) is 0 Å². The average Bonchev–Trinajstić information content (AvgIpc) is 2.47. The lowest BCUT2D eigenvalue weighted by molar-refractivity contribution is 0.117. The van der Waals surface area contributed by atoms with Crippen LogP contribution in [-0.2, 0) is 0 Å². The van der Waals surface area contributed by atoms with Crippen molar-refractivity contribution in [1.82, 2.24) is 9.97 Å². The Morgan fingerprint density at radius 2 is 2.24 bits per heavy atom. The average molecular weight is 309 g/mol. The third-order valence-electron chi connectivity index (χ3n) is 2.75. The quantitative estimate of drug-likeness (QED) is 0.754. The molecular weight excluding hydrogens is 292 g/mol. The summed E-state index contributed by atoms with van der Waals surface area (Å²) in [5.41, 5.74) is 6.67. The molecule has 1 aromatic carbocycles. The maximum atomic E-state index is 9.90. The molecule has 2 aromatic rings. The van der Waals surface area contributed by atoms with Crippen molar-refractivity contribution < 1.29 is 9.84 Å². The van der Waals surface area contributed by atoms with Crippen molar-refractivity contribution in [1.29, 1.82) is 0 Å². The van der Waals surface area contributed by atoms with Gasteiger partial charge in [0.15, 0.2) is 5.82 Å². The number of aryl methyl sites for hydroxylation is 1. The van der Waals surface area contributed by atoms with E-state index in [1.54, 1.807) is 0 Å². The fourth-order valence-corrected chi connectivity index (χ4v) is 1.84. The van der Waals surface area contributed by atoms with E-state index in [4.69, 9.17) is 22.1 Å². The van der Waals surface area contributed by atoms with Crippen molar-refractivity contribution in [3.63, 3.8) is 0 Å². The monoisotopic (exact) mass is 308 g/mol. The number of hydrogen-bond acceptors (Lipinski definition) is 6. The zero-order chi connectivity index (χ0) is 15.2. The van der Waals surface area contributed by atoms with Crippen LogP contribution in [-0.4, -0.2) is 34.3 Å². The van der Waals surface area contributed by atoms with Gasteiger partial charge in [0.2, 0.25) is 0 Å². The van der Waals surface area contributed by atoms with E-state index in [2.05, 4.69) is 15.3 Å². The van der Waals surface area contributed by atoms with Gasteiger partial charge in [-0.1, -0.05) is 23.7 Å². The summed E-state index contributed by atoms with van der Waals surface area (Å²) in [6.45, 7) is 2.38. The number of nitrogens with two attached hydrogens (primary N) is 1. The predicted octanol–water partition coefficient (Wildman–Crippen LogP) is 1.87. The third kappa shape index (κ3) is 4.47. The van der Waals surface area contributed by atoms with Gasteiger partial charge < -0.3 is 20.9 Å². The third-order valence-corrected chi connectivity index (χ3v) is 3.13. The number of halogens is 1. The van der Waals surface area contributed by atoms with E-state index in [1.807, 2.05) is 31.2 Å². The molecular formula is C14H17ClN4O2. The summed E-state index contributed by atoms with van der Waals surface area (Å²) in [5, 5.41) is 13.0. The molecule has 1 unspecified atom stereocenters. The highest BCUT2D eigenvalue weighted by atomic mass is 35.5. The van der Waals surface area contributed by atoms with Crippen molar-refractivity contribution in [2.45, 2.75) is 13.0 Å². The number of rotatable bonds is 6. The number of anilines is 2. The first kappa shape index (κ1) is 15.3. The summed E-state index contributed by atoms with van der Waals surface area (Å²) in [7, 11) is 0. The van der Waals surface area contributed by atoms with Crippen LogP contribution in [0.25, 0.3) is 0 Å². The fourth-order valence-electron chi connectivity index (χ4n) is 1.68. The number of aliphatic hydroxyl groups is 1. The minimum absolute atomic E-state index is 0.161. The fraction of sp³-hybridized carbons (Fsp3) is 0.286. The molecule has 0 spiro atoms. The van der Waals surface area contributed by atoms with Gasteiger partial charge in [0, 0.05) is 6.54 Å². The van der Waals surface area contributed by atoms with Crippen LogP contribution in [0.4, 0.5) is 11.6 Å². The highest BCUT2D eigenvalue weighted by Crippen LogP contribution is 2.22. The Morgan fingerprint density at radius 1 is 1.43 bits per heavy atom. The Hall–Kier alpha value is -2.05. The summed E-state index contributed by atoms with van der Waals surface area (Å²) in [6, 6.07) is 7.63. The SMILES string of the molecule is Cc1cccc(OCC(O)CNc2ncnc(N)c2Cl)c1. The van der Waals surface area contributed by atoms with Crippen molar-refractivity contribution in [3.8, 4) is 5.75 Å². The first-order chi connectivity index (χ1) is 10.1. The van der Waals surface area contributed by atoms with Gasteiger partial charge >= 0.3 is 0 Å². The molecule has 0 aliphatic rings. The Kier molecular flexibility index (Phi) is 5.19. The normalized spacial score (nSPS) is 12.0. The summed E-state index contributed by atoms with van der Waals surface area (Å²) in [5.74, 6) is 1.30. The molecule has 112 valence electrons. The lowest BCUT2D eigenvalue weighted by atomic mass is 10.2. The smallest absolute Gasteiger partial charge is 0.150 e. The van der Waals surface area contributed by atoms with E-state index in [1.165, 1.54) is 6.33 Å². The number of nitrogens with one attached hydrogen (secondary N) is 1. The zero-order valence-corrected chi connectivity index (χ0v) is 12.3. The number of ether oxygens (including phenoxy) is 1. The van der Waals surface area contributed by atoms with Gasteiger partial charge in [-0.2, -0.15) is 0 Å². The van der Waals surface area contributed by atoms with Crippen LogP contribution in [0.1, 0.15) is 5.56 Å². The summed E-state index contributed by atoms with van der Waals surface area (Å²) in [6.07, 6.45) is 0.594. The van der Waals surface area contributed by atoms with Crippen LogP contribution >= 0.6 is 11.6 Å². The molecule has 0 aliphatic heterocycles. The van der Waals surface area contributed by atoms with Gasteiger partial charge in [-0.15, -0.1) is 0 Å². The number of aliphatic hydroxyl groups excluding tert-OH is 1. The number of nitrogens with zero attached hydrogens (tertiary/aromatic N) is 2. The molecule has 0 fully saturated rings. The first-order valence-corrected chi connectivity index (χ1v) is 6.81. The summed E-state index contributed by atoms with van der Waals surface area (Å²) >= 11 is 5.94. The molecule has 0 saturated heterocycles. The molecule has 2 rings (SSSR count). The maximum absolute atomic E-state index is 9.90. The number of nitrogen functional groups attached to an aromatic ring is 1. The Morgan fingerprint density at radius 3 is 3.00 bits per heavy atom. The second-order valence-corrected chi connectivity index (χ2v) is 4.96. The molecule has 21 heavy (non-hydrogen) atoms. The van der Waals surface area contributed by atoms with E-state index >= 15 is 0 Å². The lowest BCUT2D eigenvalue weighted by Crippen LogP contribution is -2.26. The van der Waals surface area contributed by atoms with Gasteiger partial charge in [-0.05, 0) is 24.6 Å². The van der Waals surface area contributed by atoms with Gasteiger partial charge in [0.25, 0.3) is 0 Å². The van der Waals surface area contributed by atoms with E-state index in [9.17, 15) is 5.11 Å². The zero-order valence-electron chi connectivity index (χ0n) is 11.6. The Bertz CT molecular complexity index is 609. The van der Waals surface area contributed by atoms with Crippen LogP contribution in [0, 0.1) is 6.92 Å². The Balaban J connectivity index is 1.82. The lowest BCUT2D eigenvalue weighted by Gasteiger charge is -2.14.